The predicted molar refractivity (Wildman–Crippen MR) is 115 cm³/mol. The molecular formula is C24H22N2O7. The van der Waals surface area contributed by atoms with Crippen LogP contribution >= 0.6 is 0 Å². The highest BCUT2D eigenvalue weighted by atomic mass is 16.7. The van der Waals surface area contributed by atoms with Crippen molar-refractivity contribution in [2.45, 2.75) is 36.6 Å². The van der Waals surface area contributed by atoms with Crippen LogP contribution in [0.15, 0.2) is 48.6 Å². The number of carbonyl (C=O) groups is 1. The third kappa shape index (κ3) is 2.96. The van der Waals surface area contributed by atoms with Crippen LogP contribution < -0.4 is 9.47 Å². The van der Waals surface area contributed by atoms with Gasteiger partial charge in [0, 0.05) is 38.4 Å². The molecular weight excluding hydrogens is 428 g/mol. The van der Waals surface area contributed by atoms with Gasteiger partial charge in [-0.15, -0.1) is 0 Å². The Morgan fingerprint density at radius 3 is 2.70 bits per heavy atom. The molecule has 2 aromatic carbocycles. The van der Waals surface area contributed by atoms with Gasteiger partial charge in [0.25, 0.3) is 5.69 Å². The summed E-state index contributed by atoms with van der Waals surface area (Å²) in [5.74, 6) is 0.935. The second kappa shape index (κ2) is 7.29. The van der Waals surface area contributed by atoms with Crippen molar-refractivity contribution in [3.05, 3.63) is 75.4 Å². The third-order valence-corrected chi connectivity index (χ3v) is 7.27. The molecule has 0 N–H and O–H groups in total. The fourth-order valence-corrected chi connectivity index (χ4v) is 5.72. The van der Waals surface area contributed by atoms with E-state index in [9.17, 15) is 14.9 Å². The molecule has 0 aromatic heterocycles. The van der Waals surface area contributed by atoms with E-state index in [0.717, 1.165) is 23.3 Å². The van der Waals surface area contributed by atoms with Crippen LogP contribution in [0.2, 0.25) is 0 Å². The van der Waals surface area contributed by atoms with Crippen molar-refractivity contribution in [3.8, 4) is 11.5 Å². The zero-order valence-corrected chi connectivity index (χ0v) is 17.9. The Bertz CT molecular complexity index is 1180. The number of rotatable bonds is 4. The van der Waals surface area contributed by atoms with E-state index in [0.29, 0.717) is 18.8 Å². The SMILES string of the molecule is CO[C@@H]1C=C[C@@]23c4cc5c(cc4CN(C[C@@H]2OC(=O)c2ccc([N+](=O)[O-])cc2)C3C1)OCO5. The summed E-state index contributed by atoms with van der Waals surface area (Å²) in [4.78, 5) is 25.8. The number of hydrogen-bond donors (Lipinski definition) is 0. The minimum absolute atomic E-state index is 0.00897. The molecule has 0 saturated carbocycles. The maximum absolute atomic E-state index is 13.1. The Morgan fingerprint density at radius 2 is 1.97 bits per heavy atom. The Morgan fingerprint density at radius 1 is 1.21 bits per heavy atom. The summed E-state index contributed by atoms with van der Waals surface area (Å²) in [6, 6.07) is 9.65. The van der Waals surface area contributed by atoms with Crippen LogP contribution in [0.5, 0.6) is 11.5 Å². The van der Waals surface area contributed by atoms with Gasteiger partial charge in [0.05, 0.1) is 22.0 Å². The third-order valence-electron chi connectivity index (χ3n) is 7.27. The number of esters is 1. The Kier molecular flexibility index (Phi) is 4.46. The van der Waals surface area contributed by atoms with Gasteiger partial charge in [-0.2, -0.15) is 0 Å². The first-order valence-corrected chi connectivity index (χ1v) is 10.8. The van der Waals surface area contributed by atoms with Gasteiger partial charge in [0.2, 0.25) is 6.79 Å². The molecule has 5 atom stereocenters. The number of benzene rings is 2. The number of nitrogens with zero attached hydrogens (tertiary/aromatic N) is 2. The normalized spacial score (nSPS) is 30.5. The number of fused-ring (bicyclic) bond motifs is 2. The van der Waals surface area contributed by atoms with Crippen molar-refractivity contribution < 1.29 is 28.7 Å². The fraction of sp³-hybridized carbons (Fsp3) is 0.375. The lowest BCUT2D eigenvalue weighted by molar-refractivity contribution is -0.384. The van der Waals surface area contributed by atoms with E-state index in [1.165, 1.54) is 24.3 Å². The predicted octanol–water partition coefficient (Wildman–Crippen LogP) is 2.96. The van der Waals surface area contributed by atoms with Crippen molar-refractivity contribution in [1.82, 2.24) is 4.90 Å². The number of carbonyl (C=O) groups excluding carboxylic acids is 1. The molecule has 3 aliphatic heterocycles. The minimum Gasteiger partial charge on any atom is -0.456 e. The van der Waals surface area contributed by atoms with Crippen molar-refractivity contribution in [1.29, 1.82) is 0 Å². The Labute approximate surface area is 189 Å². The molecule has 1 fully saturated rings. The summed E-state index contributed by atoms with van der Waals surface area (Å²) in [6.45, 7) is 1.48. The molecule has 1 aliphatic carbocycles. The summed E-state index contributed by atoms with van der Waals surface area (Å²) in [6.07, 6.45) is 4.52. The number of ether oxygens (including phenoxy) is 4. The summed E-state index contributed by atoms with van der Waals surface area (Å²) in [5.41, 5.74) is 1.88. The summed E-state index contributed by atoms with van der Waals surface area (Å²) in [5, 5.41) is 10.9. The molecule has 2 aromatic rings. The maximum atomic E-state index is 13.1. The average Bonchev–Trinajstić information content (AvgIpc) is 3.37. The summed E-state index contributed by atoms with van der Waals surface area (Å²) < 4.78 is 23.0. The van der Waals surface area contributed by atoms with E-state index in [4.69, 9.17) is 18.9 Å². The van der Waals surface area contributed by atoms with Crippen LogP contribution in [0.3, 0.4) is 0 Å². The number of hydrogen-bond acceptors (Lipinski definition) is 8. The van der Waals surface area contributed by atoms with E-state index in [1.807, 2.05) is 18.2 Å². The van der Waals surface area contributed by atoms with Crippen LogP contribution in [0.4, 0.5) is 5.69 Å². The summed E-state index contributed by atoms with van der Waals surface area (Å²) >= 11 is 0. The number of non-ortho nitro benzene ring substituents is 1. The first kappa shape index (κ1) is 20.2. The minimum atomic E-state index is -0.542. The quantitative estimate of drug-likeness (QED) is 0.303. The Balaban J connectivity index is 1.39. The highest BCUT2D eigenvalue weighted by molar-refractivity contribution is 5.90. The van der Waals surface area contributed by atoms with Gasteiger partial charge >= 0.3 is 5.97 Å². The molecule has 6 rings (SSSR count). The lowest BCUT2D eigenvalue weighted by Crippen LogP contribution is -2.53. The lowest BCUT2D eigenvalue weighted by Gasteiger charge is -2.46. The van der Waals surface area contributed by atoms with Gasteiger partial charge in [0.15, 0.2) is 11.5 Å². The average molecular weight is 450 g/mol. The van der Waals surface area contributed by atoms with Crippen LogP contribution in [0, 0.1) is 10.1 Å². The van der Waals surface area contributed by atoms with Gasteiger partial charge in [-0.3, -0.25) is 15.0 Å². The lowest BCUT2D eigenvalue weighted by atomic mass is 9.65. The standard InChI is InChI=1S/C24H22N2O7/c1-30-17-6-7-24-18-10-20-19(31-13-32-20)8-15(18)11-25(21(24)9-17)12-22(24)33-23(27)14-2-4-16(5-3-14)26(28)29/h2-8,10,17,21-22H,9,11-13H2,1H3/t17-,21?,22+,24+/m1/s1. The van der Waals surface area contributed by atoms with Gasteiger partial charge < -0.3 is 18.9 Å². The highest BCUT2D eigenvalue weighted by Crippen LogP contribution is 2.54. The topological polar surface area (TPSA) is 100 Å². The molecule has 33 heavy (non-hydrogen) atoms. The highest BCUT2D eigenvalue weighted by Gasteiger charge is 2.60. The van der Waals surface area contributed by atoms with E-state index < -0.39 is 22.4 Å². The van der Waals surface area contributed by atoms with Gasteiger partial charge in [-0.1, -0.05) is 12.2 Å². The van der Waals surface area contributed by atoms with Crippen molar-refractivity contribution in [3.63, 3.8) is 0 Å². The molecule has 4 aliphatic rings. The molecule has 2 unspecified atom stereocenters. The molecule has 170 valence electrons. The first-order chi connectivity index (χ1) is 16.0. The van der Waals surface area contributed by atoms with Gasteiger partial charge in [0.1, 0.15) is 6.10 Å². The molecule has 3 heterocycles. The first-order valence-electron chi connectivity index (χ1n) is 10.8. The Hall–Kier alpha value is -3.43. The van der Waals surface area contributed by atoms with Gasteiger partial charge in [-0.25, -0.2) is 4.79 Å². The van der Waals surface area contributed by atoms with E-state index in [1.54, 1.807) is 7.11 Å². The second-order valence-electron chi connectivity index (χ2n) is 8.81. The van der Waals surface area contributed by atoms with E-state index in [2.05, 4.69) is 11.0 Å². The summed E-state index contributed by atoms with van der Waals surface area (Å²) in [7, 11) is 1.70. The van der Waals surface area contributed by atoms with Crippen LogP contribution in [0.1, 0.15) is 27.9 Å². The molecule has 0 amide bonds. The maximum Gasteiger partial charge on any atom is 0.338 e. The second-order valence-corrected chi connectivity index (χ2v) is 8.81. The van der Waals surface area contributed by atoms with Gasteiger partial charge in [-0.05, 0) is 41.8 Å². The molecule has 9 heteroatoms. The molecule has 0 radical (unpaired) electrons. The van der Waals surface area contributed by atoms with Crippen LogP contribution in [-0.4, -0.2) is 54.5 Å². The number of nitro groups is 1. The number of nitro benzene ring substituents is 1. The van der Waals surface area contributed by atoms with Crippen molar-refractivity contribution >= 4 is 11.7 Å². The van der Waals surface area contributed by atoms with E-state index >= 15 is 0 Å². The van der Waals surface area contributed by atoms with Crippen LogP contribution in [-0.2, 0) is 21.4 Å². The van der Waals surface area contributed by atoms with Crippen LogP contribution in [0.25, 0.3) is 0 Å². The molecule has 0 spiro atoms. The molecule has 2 bridgehead atoms. The fourth-order valence-electron chi connectivity index (χ4n) is 5.72. The molecule has 9 nitrogen and oxygen atoms in total. The van der Waals surface area contributed by atoms with Crippen molar-refractivity contribution in [2.75, 3.05) is 20.4 Å². The number of methoxy groups -OCH3 is 1. The monoisotopic (exact) mass is 450 g/mol. The molecule has 1 saturated heterocycles. The smallest absolute Gasteiger partial charge is 0.338 e. The zero-order valence-electron chi connectivity index (χ0n) is 17.9. The zero-order chi connectivity index (χ0) is 22.7. The largest absolute Gasteiger partial charge is 0.456 e. The van der Waals surface area contributed by atoms with E-state index in [-0.39, 0.29) is 30.2 Å². The van der Waals surface area contributed by atoms with Crippen molar-refractivity contribution in [2.24, 2.45) is 0 Å².